The van der Waals surface area contributed by atoms with Gasteiger partial charge in [0.2, 0.25) is 5.91 Å². The quantitative estimate of drug-likeness (QED) is 0.811. The molecular formula is C20H28N2O4. The number of Topliss-reactive ketones (excluding diaryl/α,β-unsaturated/α-hetero) is 1. The Bertz CT molecular complexity index is 630. The Morgan fingerprint density at radius 1 is 1.19 bits per heavy atom. The summed E-state index contributed by atoms with van der Waals surface area (Å²) in [7, 11) is 1.61. The molecular weight excluding hydrogens is 332 g/mol. The molecule has 2 heterocycles. The van der Waals surface area contributed by atoms with Crippen LogP contribution in [0.15, 0.2) is 24.3 Å². The molecule has 2 aliphatic heterocycles. The van der Waals surface area contributed by atoms with E-state index >= 15 is 0 Å². The molecule has 2 fully saturated rings. The topological polar surface area (TPSA) is 81.9 Å². The van der Waals surface area contributed by atoms with Crippen molar-refractivity contribution < 1.29 is 19.1 Å². The number of methoxy groups -OCH3 is 1. The molecule has 6 nitrogen and oxygen atoms in total. The fraction of sp³-hybridized carbons (Fsp3) is 0.600. The standard InChI is InChI=1S/C20H28N2O4/c1-25-17-4-2-15(3-5-17)18(23)16-6-10-22(11-7-16)19(24)20(14-21)8-12-26-13-9-20/h2-5,16H,6-14,21H2,1H3. The van der Waals surface area contributed by atoms with Crippen LogP contribution in [-0.4, -0.2) is 56.5 Å². The first-order chi connectivity index (χ1) is 12.6. The van der Waals surface area contributed by atoms with E-state index in [1.165, 1.54) is 0 Å². The van der Waals surface area contributed by atoms with E-state index in [4.69, 9.17) is 15.2 Å². The zero-order chi connectivity index (χ0) is 18.6. The highest BCUT2D eigenvalue weighted by Crippen LogP contribution is 2.33. The third-order valence-corrected chi connectivity index (χ3v) is 5.82. The summed E-state index contributed by atoms with van der Waals surface area (Å²) < 4.78 is 10.5. The summed E-state index contributed by atoms with van der Waals surface area (Å²) in [5.41, 5.74) is 6.18. The fourth-order valence-corrected chi connectivity index (χ4v) is 3.94. The van der Waals surface area contributed by atoms with Crippen LogP contribution >= 0.6 is 0 Å². The molecule has 3 rings (SSSR count). The molecule has 0 bridgehead atoms. The van der Waals surface area contributed by atoms with E-state index in [9.17, 15) is 9.59 Å². The number of benzene rings is 1. The van der Waals surface area contributed by atoms with Crippen molar-refractivity contribution in [1.82, 2.24) is 4.90 Å². The maximum Gasteiger partial charge on any atom is 0.230 e. The summed E-state index contributed by atoms with van der Waals surface area (Å²) in [4.78, 5) is 27.6. The van der Waals surface area contributed by atoms with Crippen LogP contribution in [0.5, 0.6) is 5.75 Å². The summed E-state index contributed by atoms with van der Waals surface area (Å²) in [6.07, 6.45) is 2.78. The summed E-state index contributed by atoms with van der Waals surface area (Å²) in [5, 5.41) is 0. The Morgan fingerprint density at radius 3 is 2.35 bits per heavy atom. The van der Waals surface area contributed by atoms with Crippen molar-refractivity contribution in [1.29, 1.82) is 0 Å². The van der Waals surface area contributed by atoms with E-state index in [0.717, 1.165) is 5.75 Å². The third-order valence-electron chi connectivity index (χ3n) is 5.82. The van der Waals surface area contributed by atoms with Crippen LogP contribution in [0.4, 0.5) is 0 Å². The summed E-state index contributed by atoms with van der Waals surface area (Å²) >= 11 is 0. The molecule has 0 aliphatic carbocycles. The van der Waals surface area contributed by atoms with E-state index in [-0.39, 0.29) is 17.6 Å². The van der Waals surface area contributed by atoms with Crippen molar-refractivity contribution in [2.45, 2.75) is 25.7 Å². The lowest BCUT2D eigenvalue weighted by Gasteiger charge is -2.41. The highest BCUT2D eigenvalue weighted by atomic mass is 16.5. The fourth-order valence-electron chi connectivity index (χ4n) is 3.94. The number of rotatable bonds is 5. The van der Waals surface area contributed by atoms with Gasteiger partial charge in [0.1, 0.15) is 5.75 Å². The lowest BCUT2D eigenvalue weighted by Crippen LogP contribution is -2.53. The molecule has 2 aliphatic rings. The zero-order valence-electron chi connectivity index (χ0n) is 15.4. The maximum absolute atomic E-state index is 13.0. The Balaban J connectivity index is 1.59. The lowest BCUT2D eigenvalue weighted by atomic mass is 9.78. The number of ketones is 1. The lowest BCUT2D eigenvalue weighted by molar-refractivity contribution is -0.148. The second kappa shape index (κ2) is 8.18. The Hall–Kier alpha value is -1.92. The van der Waals surface area contributed by atoms with Gasteiger partial charge in [0.25, 0.3) is 0 Å². The van der Waals surface area contributed by atoms with Crippen LogP contribution in [0.1, 0.15) is 36.0 Å². The SMILES string of the molecule is COc1ccc(C(=O)C2CCN(C(=O)C3(CN)CCOCC3)CC2)cc1. The van der Waals surface area contributed by atoms with Crippen LogP contribution in [0.25, 0.3) is 0 Å². The number of nitrogens with two attached hydrogens (primary N) is 1. The molecule has 2 N–H and O–H groups in total. The van der Waals surface area contributed by atoms with Crippen molar-refractivity contribution in [2.75, 3.05) is 40.0 Å². The first-order valence-corrected chi connectivity index (χ1v) is 9.35. The number of carbonyl (C=O) groups excluding carboxylic acids is 2. The highest BCUT2D eigenvalue weighted by Gasteiger charge is 2.42. The Labute approximate surface area is 154 Å². The number of hydrogen-bond acceptors (Lipinski definition) is 5. The van der Waals surface area contributed by atoms with Gasteiger partial charge in [-0.2, -0.15) is 0 Å². The second-order valence-electron chi connectivity index (χ2n) is 7.26. The molecule has 1 amide bonds. The third kappa shape index (κ3) is 3.76. The number of nitrogens with zero attached hydrogens (tertiary/aromatic N) is 1. The van der Waals surface area contributed by atoms with Crippen molar-refractivity contribution in [3.05, 3.63) is 29.8 Å². The Kier molecular flexibility index (Phi) is 5.94. The van der Waals surface area contributed by atoms with Crippen LogP contribution in [0.3, 0.4) is 0 Å². The number of piperidine rings is 1. The molecule has 26 heavy (non-hydrogen) atoms. The van der Waals surface area contributed by atoms with Gasteiger partial charge >= 0.3 is 0 Å². The van der Waals surface area contributed by atoms with Crippen LogP contribution in [0.2, 0.25) is 0 Å². The van der Waals surface area contributed by atoms with Gasteiger partial charge in [-0.25, -0.2) is 0 Å². The molecule has 0 unspecified atom stereocenters. The molecule has 1 aromatic rings. The summed E-state index contributed by atoms with van der Waals surface area (Å²) in [6, 6.07) is 7.23. The largest absolute Gasteiger partial charge is 0.497 e. The van der Waals surface area contributed by atoms with Gasteiger partial charge in [-0.3, -0.25) is 9.59 Å². The van der Waals surface area contributed by atoms with E-state index in [1.807, 2.05) is 29.2 Å². The summed E-state index contributed by atoms with van der Waals surface area (Å²) in [5.74, 6) is 1.000. The maximum atomic E-state index is 13.0. The van der Waals surface area contributed by atoms with E-state index in [0.29, 0.717) is 64.1 Å². The smallest absolute Gasteiger partial charge is 0.230 e. The van der Waals surface area contributed by atoms with E-state index in [1.54, 1.807) is 7.11 Å². The molecule has 0 aromatic heterocycles. The van der Waals surface area contributed by atoms with Crippen molar-refractivity contribution in [2.24, 2.45) is 17.1 Å². The second-order valence-corrected chi connectivity index (χ2v) is 7.26. The number of likely N-dealkylation sites (tertiary alicyclic amines) is 1. The molecule has 0 atom stereocenters. The predicted octanol–water partition coefficient (Wildman–Crippen LogP) is 1.87. The highest BCUT2D eigenvalue weighted by molar-refractivity contribution is 5.98. The van der Waals surface area contributed by atoms with Gasteiger partial charge in [0, 0.05) is 44.3 Å². The minimum absolute atomic E-state index is 0.0315. The number of hydrogen-bond donors (Lipinski definition) is 1. The normalized spacial score (nSPS) is 20.6. The van der Waals surface area contributed by atoms with Crippen LogP contribution in [-0.2, 0) is 9.53 Å². The van der Waals surface area contributed by atoms with Crippen LogP contribution in [0, 0.1) is 11.3 Å². The first-order valence-electron chi connectivity index (χ1n) is 9.35. The number of ether oxygens (including phenoxy) is 2. The van der Waals surface area contributed by atoms with Crippen LogP contribution < -0.4 is 10.5 Å². The van der Waals surface area contributed by atoms with E-state index in [2.05, 4.69) is 0 Å². The molecule has 142 valence electrons. The number of carbonyl (C=O) groups is 2. The summed E-state index contributed by atoms with van der Waals surface area (Å²) in [6.45, 7) is 2.78. The van der Waals surface area contributed by atoms with Gasteiger partial charge in [-0.1, -0.05) is 0 Å². The molecule has 0 spiro atoms. The average molecular weight is 360 g/mol. The predicted molar refractivity (Wildman–Crippen MR) is 98.2 cm³/mol. The average Bonchev–Trinajstić information content (AvgIpc) is 2.73. The van der Waals surface area contributed by atoms with Crippen molar-refractivity contribution >= 4 is 11.7 Å². The zero-order valence-corrected chi connectivity index (χ0v) is 15.4. The first kappa shape index (κ1) is 18.9. The monoisotopic (exact) mass is 360 g/mol. The van der Waals surface area contributed by atoms with Crippen molar-refractivity contribution in [3.8, 4) is 5.75 Å². The van der Waals surface area contributed by atoms with Gasteiger partial charge < -0.3 is 20.1 Å². The van der Waals surface area contributed by atoms with Gasteiger partial charge in [-0.15, -0.1) is 0 Å². The molecule has 0 saturated carbocycles. The number of amides is 1. The molecule has 2 saturated heterocycles. The van der Waals surface area contributed by atoms with Gasteiger partial charge in [0.05, 0.1) is 12.5 Å². The van der Waals surface area contributed by atoms with Crippen molar-refractivity contribution in [3.63, 3.8) is 0 Å². The minimum atomic E-state index is -0.481. The molecule has 1 aromatic carbocycles. The minimum Gasteiger partial charge on any atom is -0.497 e. The van der Waals surface area contributed by atoms with Gasteiger partial charge in [0.15, 0.2) is 5.78 Å². The van der Waals surface area contributed by atoms with E-state index < -0.39 is 5.41 Å². The molecule has 0 radical (unpaired) electrons. The molecule has 6 heteroatoms. The Morgan fingerprint density at radius 2 is 1.81 bits per heavy atom. The van der Waals surface area contributed by atoms with Gasteiger partial charge in [-0.05, 0) is 49.9 Å².